The molecule has 2 aromatic heterocycles. The van der Waals surface area contributed by atoms with Gasteiger partial charge in [-0.3, -0.25) is 0 Å². The van der Waals surface area contributed by atoms with Crippen LogP contribution in [-0.4, -0.2) is 24.2 Å². The average molecular weight is 501 g/mol. The van der Waals surface area contributed by atoms with Gasteiger partial charge in [-0.1, -0.05) is 26.7 Å². The summed E-state index contributed by atoms with van der Waals surface area (Å²) in [5, 5.41) is 17.9. The lowest BCUT2D eigenvalue weighted by molar-refractivity contribution is -0.132. The number of aliphatic carboxylic acids is 1. The molecule has 1 aromatic carbocycles. The van der Waals surface area contributed by atoms with Crippen LogP contribution in [0, 0.1) is 23.0 Å². The summed E-state index contributed by atoms with van der Waals surface area (Å²) < 4.78 is 31.5. The predicted octanol–water partition coefficient (Wildman–Crippen LogP) is 7.81. The lowest BCUT2D eigenvalue weighted by Crippen LogP contribution is -2.26. The molecule has 0 saturated heterocycles. The van der Waals surface area contributed by atoms with E-state index in [2.05, 4.69) is 13.8 Å². The van der Waals surface area contributed by atoms with Gasteiger partial charge in [-0.15, -0.1) is 22.7 Å². The van der Waals surface area contributed by atoms with Crippen molar-refractivity contribution < 1.29 is 18.7 Å². The molecule has 34 heavy (non-hydrogen) atoms. The highest BCUT2D eigenvalue weighted by Crippen LogP contribution is 2.35. The van der Waals surface area contributed by atoms with E-state index in [1.807, 2.05) is 11.0 Å². The van der Waals surface area contributed by atoms with Crippen LogP contribution in [0.5, 0.6) is 0 Å². The molecule has 0 saturated carbocycles. The Bertz CT molecular complexity index is 1210. The second-order valence-corrected chi connectivity index (χ2v) is 10.1. The first-order valence-electron chi connectivity index (χ1n) is 11.2. The smallest absolute Gasteiger partial charge is 0.346 e. The minimum atomic E-state index is -1.27. The molecule has 0 aliphatic heterocycles. The second-order valence-electron chi connectivity index (χ2n) is 7.85. The van der Waals surface area contributed by atoms with Crippen molar-refractivity contribution in [2.24, 2.45) is 0 Å². The molecule has 0 atom stereocenters. The van der Waals surface area contributed by atoms with Crippen LogP contribution in [-0.2, 0) is 4.79 Å². The molecule has 1 N–H and O–H groups in total. The topological polar surface area (TPSA) is 64.3 Å². The number of carboxylic acids is 1. The number of carboxylic acid groups (broad SMARTS) is 1. The molecular weight excluding hydrogens is 474 g/mol. The highest BCUT2D eigenvalue weighted by Gasteiger charge is 2.14. The number of unbranched alkanes of at least 4 members (excludes halogenated alkanes) is 2. The van der Waals surface area contributed by atoms with E-state index >= 15 is 0 Å². The summed E-state index contributed by atoms with van der Waals surface area (Å²) in [6, 6.07) is 8.17. The second kappa shape index (κ2) is 11.9. The van der Waals surface area contributed by atoms with Gasteiger partial charge in [-0.2, -0.15) is 5.26 Å². The third-order valence-corrected chi connectivity index (χ3v) is 7.49. The van der Waals surface area contributed by atoms with E-state index < -0.39 is 17.6 Å². The quantitative estimate of drug-likeness (QED) is 0.215. The Labute approximate surface area is 206 Å². The van der Waals surface area contributed by atoms with Gasteiger partial charge in [0.1, 0.15) is 23.3 Å². The van der Waals surface area contributed by atoms with Crippen molar-refractivity contribution in [1.82, 2.24) is 0 Å². The number of nitriles is 1. The number of nitrogens with zero attached hydrogens (tertiary/aromatic N) is 2. The van der Waals surface area contributed by atoms with Gasteiger partial charge in [0.05, 0.1) is 0 Å². The molecule has 2 heterocycles. The van der Waals surface area contributed by atoms with Gasteiger partial charge in [0.2, 0.25) is 0 Å². The molecule has 0 spiro atoms. The molecule has 4 nitrogen and oxygen atoms in total. The number of benzene rings is 1. The molecular formula is C26H26F2N2O2S2. The number of hydrogen-bond donors (Lipinski definition) is 1. The maximum Gasteiger partial charge on any atom is 0.346 e. The van der Waals surface area contributed by atoms with Crippen LogP contribution in [0.25, 0.3) is 27.6 Å². The molecule has 0 radical (unpaired) electrons. The van der Waals surface area contributed by atoms with Crippen molar-refractivity contribution in [3.63, 3.8) is 0 Å². The van der Waals surface area contributed by atoms with Gasteiger partial charge in [-0.05, 0) is 55.3 Å². The normalized spacial score (nSPS) is 11.9. The van der Waals surface area contributed by atoms with Gasteiger partial charge < -0.3 is 10.0 Å². The Balaban J connectivity index is 1.81. The lowest BCUT2D eigenvalue weighted by Gasteiger charge is -2.25. The van der Waals surface area contributed by atoms with Crippen LogP contribution in [0.3, 0.4) is 0 Å². The van der Waals surface area contributed by atoms with Gasteiger partial charge in [0.25, 0.3) is 0 Å². The van der Waals surface area contributed by atoms with Crippen molar-refractivity contribution in [1.29, 1.82) is 5.26 Å². The Morgan fingerprint density at radius 2 is 1.56 bits per heavy atom. The minimum absolute atomic E-state index is 0.0739. The Kier molecular flexibility index (Phi) is 8.97. The first kappa shape index (κ1) is 25.6. The van der Waals surface area contributed by atoms with Crippen LogP contribution in [0.15, 0.2) is 29.8 Å². The summed E-state index contributed by atoms with van der Waals surface area (Å²) in [5.74, 6) is -2.45. The van der Waals surface area contributed by atoms with E-state index in [0.29, 0.717) is 10.6 Å². The standard InChI is InChI=1S/C26H26F2N2O2S2/c1-3-5-9-30(10-6-4-2)18-12-22(27)21(23(28)13-18)8-7-19-14-24-25(33-19)15-20(34-24)11-17(16-29)26(31)32/h7-8,11-15H,3-6,9-10H2,1-2H3,(H,31,32)/b8-7+,17-11+. The summed E-state index contributed by atoms with van der Waals surface area (Å²) in [5.41, 5.74) is 0.172. The molecule has 0 fully saturated rings. The van der Waals surface area contributed by atoms with E-state index in [0.717, 1.165) is 53.0 Å². The number of anilines is 1. The molecule has 0 aliphatic carbocycles. The van der Waals surface area contributed by atoms with Gasteiger partial charge >= 0.3 is 5.97 Å². The summed E-state index contributed by atoms with van der Waals surface area (Å²) >= 11 is 2.79. The maximum atomic E-state index is 14.8. The first-order chi connectivity index (χ1) is 16.4. The number of hydrogen-bond acceptors (Lipinski definition) is 5. The predicted molar refractivity (Wildman–Crippen MR) is 138 cm³/mol. The summed E-state index contributed by atoms with van der Waals surface area (Å²) in [6.07, 6.45) is 8.44. The van der Waals surface area contributed by atoms with E-state index in [-0.39, 0.29) is 11.1 Å². The lowest BCUT2D eigenvalue weighted by atomic mass is 10.1. The largest absolute Gasteiger partial charge is 0.477 e. The van der Waals surface area contributed by atoms with Gasteiger partial charge in [0.15, 0.2) is 0 Å². The highest BCUT2D eigenvalue weighted by molar-refractivity contribution is 7.28. The van der Waals surface area contributed by atoms with Crippen LogP contribution >= 0.6 is 22.7 Å². The Morgan fingerprint density at radius 3 is 2.09 bits per heavy atom. The van der Waals surface area contributed by atoms with Crippen molar-refractivity contribution in [3.8, 4) is 6.07 Å². The van der Waals surface area contributed by atoms with E-state index in [1.165, 1.54) is 47.0 Å². The average Bonchev–Trinajstić information content (AvgIpc) is 3.34. The molecule has 178 valence electrons. The van der Waals surface area contributed by atoms with Gasteiger partial charge in [0, 0.05) is 43.5 Å². The SMILES string of the molecule is CCCCN(CCCC)c1cc(F)c(/C=C/c2cc3sc(/C=C(\C#N)C(=O)O)cc3s2)c(F)c1. The zero-order valence-electron chi connectivity index (χ0n) is 19.1. The number of halogens is 2. The first-order valence-corrected chi connectivity index (χ1v) is 12.8. The van der Waals surface area contributed by atoms with E-state index in [1.54, 1.807) is 18.2 Å². The molecule has 3 rings (SSSR count). The van der Waals surface area contributed by atoms with Gasteiger partial charge in [-0.25, -0.2) is 13.6 Å². The number of rotatable bonds is 11. The molecule has 3 aromatic rings. The van der Waals surface area contributed by atoms with Crippen molar-refractivity contribution >= 4 is 62.0 Å². The summed E-state index contributed by atoms with van der Waals surface area (Å²) in [7, 11) is 0. The van der Waals surface area contributed by atoms with E-state index in [9.17, 15) is 13.6 Å². The fraction of sp³-hybridized carbons (Fsp3) is 0.308. The number of thiophene rings is 2. The summed E-state index contributed by atoms with van der Waals surface area (Å²) in [6.45, 7) is 5.74. The Hall–Kier alpha value is -3.02. The van der Waals surface area contributed by atoms with Crippen LogP contribution in [0.1, 0.15) is 54.8 Å². The zero-order valence-corrected chi connectivity index (χ0v) is 20.7. The molecule has 8 heteroatoms. The molecule has 0 amide bonds. The van der Waals surface area contributed by atoms with Crippen molar-refractivity contribution in [2.75, 3.05) is 18.0 Å². The fourth-order valence-electron chi connectivity index (χ4n) is 3.46. The Morgan fingerprint density at radius 1 is 1.00 bits per heavy atom. The van der Waals surface area contributed by atoms with Crippen LogP contribution in [0.2, 0.25) is 0 Å². The van der Waals surface area contributed by atoms with E-state index in [4.69, 9.17) is 10.4 Å². The highest BCUT2D eigenvalue weighted by atomic mass is 32.1. The fourth-order valence-corrected chi connectivity index (χ4v) is 5.72. The number of carbonyl (C=O) groups is 1. The van der Waals surface area contributed by atoms with Crippen molar-refractivity contribution in [2.45, 2.75) is 39.5 Å². The van der Waals surface area contributed by atoms with Crippen LogP contribution < -0.4 is 4.90 Å². The van der Waals surface area contributed by atoms with Crippen molar-refractivity contribution in [3.05, 3.63) is 56.8 Å². The number of fused-ring (bicyclic) bond motifs is 1. The molecule has 0 aliphatic rings. The van der Waals surface area contributed by atoms with Crippen LogP contribution in [0.4, 0.5) is 14.5 Å². The minimum Gasteiger partial charge on any atom is -0.477 e. The zero-order chi connectivity index (χ0) is 24.7. The summed E-state index contributed by atoms with van der Waals surface area (Å²) in [4.78, 5) is 14.6. The maximum absolute atomic E-state index is 14.8. The monoisotopic (exact) mass is 500 g/mol. The third-order valence-electron chi connectivity index (χ3n) is 5.29. The molecule has 0 unspecified atom stereocenters. The third kappa shape index (κ3) is 6.31. The molecule has 0 bridgehead atoms.